The number of aromatic nitrogens is 1. The molecule has 0 aliphatic carbocycles. The summed E-state index contributed by atoms with van der Waals surface area (Å²) in [4.78, 5) is 16.3. The van der Waals surface area contributed by atoms with Gasteiger partial charge in [0, 0.05) is 24.8 Å². The highest BCUT2D eigenvalue weighted by Crippen LogP contribution is 2.29. The van der Waals surface area contributed by atoms with Crippen molar-refractivity contribution in [1.29, 1.82) is 0 Å². The highest BCUT2D eigenvalue weighted by molar-refractivity contribution is 5.90. The quantitative estimate of drug-likeness (QED) is 0.491. The smallest absolute Gasteiger partial charge is 0.225 e. The molecule has 1 amide bonds. The van der Waals surface area contributed by atoms with Gasteiger partial charge in [-0.1, -0.05) is 0 Å². The van der Waals surface area contributed by atoms with Gasteiger partial charge in [-0.05, 0) is 50.0 Å². The van der Waals surface area contributed by atoms with Crippen molar-refractivity contribution in [2.45, 2.75) is 19.3 Å². The van der Waals surface area contributed by atoms with Crippen LogP contribution in [0.1, 0.15) is 19.3 Å². The Balaban J connectivity index is 1.60. The number of benzene rings is 1. The summed E-state index contributed by atoms with van der Waals surface area (Å²) in [6.45, 7) is 1.93. The molecule has 2 heterocycles. The average Bonchev–Trinajstić information content (AvgIpc) is 2.59. The van der Waals surface area contributed by atoms with Crippen LogP contribution >= 0.6 is 0 Å². The van der Waals surface area contributed by atoms with Gasteiger partial charge in [0.1, 0.15) is 23.1 Å². The van der Waals surface area contributed by atoms with Crippen molar-refractivity contribution < 1.29 is 14.6 Å². The molecule has 0 spiro atoms. The second kappa shape index (κ2) is 7.85. The van der Waals surface area contributed by atoms with E-state index in [0.29, 0.717) is 29.7 Å². The fraction of sp³-hybridized carbons (Fsp3) is 0.333. The van der Waals surface area contributed by atoms with Crippen LogP contribution in [-0.2, 0) is 4.79 Å². The van der Waals surface area contributed by atoms with Crippen molar-refractivity contribution in [3.63, 3.8) is 0 Å². The maximum Gasteiger partial charge on any atom is 0.225 e. The van der Waals surface area contributed by atoms with E-state index in [9.17, 15) is 9.90 Å². The number of hydrogen-bond donors (Lipinski definition) is 4. The van der Waals surface area contributed by atoms with Crippen LogP contribution in [0, 0.1) is 5.92 Å². The summed E-state index contributed by atoms with van der Waals surface area (Å²) in [6, 6.07) is 7.98. The zero-order chi connectivity index (χ0) is 17.6. The van der Waals surface area contributed by atoms with Crippen LogP contribution in [0.15, 0.2) is 36.5 Å². The molecule has 1 aromatic carbocycles. The van der Waals surface area contributed by atoms with Crippen molar-refractivity contribution >= 4 is 17.4 Å². The molecule has 7 heteroatoms. The second-order valence-corrected chi connectivity index (χ2v) is 6.15. The third-order valence-corrected chi connectivity index (χ3v) is 4.17. The van der Waals surface area contributed by atoms with Crippen LogP contribution in [0.2, 0.25) is 0 Å². The molecular formula is C18H22N4O3. The Morgan fingerprint density at radius 1 is 1.28 bits per heavy atom. The van der Waals surface area contributed by atoms with E-state index in [-0.39, 0.29) is 17.3 Å². The van der Waals surface area contributed by atoms with Gasteiger partial charge in [-0.15, -0.1) is 0 Å². The number of piperidine rings is 1. The first-order valence-electron chi connectivity index (χ1n) is 8.33. The molecule has 132 valence electrons. The normalized spacial score (nSPS) is 14.9. The standard InChI is InChI=1S/C18H22N4O3/c19-15-2-1-13(10-16(15)23)25-14-5-8-21-17(11-14)22-18(24)9-12-3-6-20-7-4-12/h1-2,5,8,10-12,20,23H,3-4,6-7,9,19H2,(H,21,22,24). The van der Waals surface area contributed by atoms with Gasteiger partial charge < -0.3 is 26.2 Å². The van der Waals surface area contributed by atoms with Crippen LogP contribution in [0.4, 0.5) is 11.5 Å². The molecule has 5 N–H and O–H groups in total. The molecule has 3 rings (SSSR count). The number of nitrogens with two attached hydrogens (primary N) is 1. The van der Waals surface area contributed by atoms with E-state index in [1.54, 1.807) is 30.5 Å². The molecule has 1 aliphatic rings. The number of carbonyl (C=O) groups is 1. The summed E-state index contributed by atoms with van der Waals surface area (Å²) < 4.78 is 5.67. The predicted molar refractivity (Wildman–Crippen MR) is 95.7 cm³/mol. The summed E-state index contributed by atoms with van der Waals surface area (Å²) in [5.41, 5.74) is 5.86. The Bertz CT molecular complexity index is 745. The zero-order valence-electron chi connectivity index (χ0n) is 13.9. The number of nitrogens with zero attached hydrogens (tertiary/aromatic N) is 1. The maximum absolute atomic E-state index is 12.2. The van der Waals surface area contributed by atoms with Gasteiger partial charge in [-0.25, -0.2) is 4.98 Å². The van der Waals surface area contributed by atoms with Crippen molar-refractivity contribution in [2.24, 2.45) is 5.92 Å². The van der Waals surface area contributed by atoms with Gasteiger partial charge in [-0.2, -0.15) is 0 Å². The Kier molecular flexibility index (Phi) is 5.35. The lowest BCUT2D eigenvalue weighted by atomic mass is 9.94. The SMILES string of the molecule is Nc1ccc(Oc2ccnc(NC(=O)CC3CCNCC3)c2)cc1O. The van der Waals surface area contributed by atoms with Gasteiger partial charge in [0.2, 0.25) is 5.91 Å². The molecule has 1 aliphatic heterocycles. The first-order valence-corrected chi connectivity index (χ1v) is 8.33. The lowest BCUT2D eigenvalue weighted by Crippen LogP contribution is -2.30. The largest absolute Gasteiger partial charge is 0.506 e. The molecule has 0 atom stereocenters. The van der Waals surface area contributed by atoms with Crippen LogP contribution in [0.3, 0.4) is 0 Å². The van der Waals surface area contributed by atoms with E-state index >= 15 is 0 Å². The van der Waals surface area contributed by atoms with Crippen LogP contribution in [-0.4, -0.2) is 29.1 Å². The third-order valence-electron chi connectivity index (χ3n) is 4.17. The van der Waals surface area contributed by atoms with Gasteiger partial charge in [0.05, 0.1) is 5.69 Å². The number of amides is 1. The van der Waals surface area contributed by atoms with E-state index in [1.165, 1.54) is 6.07 Å². The van der Waals surface area contributed by atoms with E-state index < -0.39 is 0 Å². The number of nitrogen functional groups attached to an aromatic ring is 1. The molecular weight excluding hydrogens is 320 g/mol. The van der Waals surface area contributed by atoms with Crippen LogP contribution < -0.4 is 21.1 Å². The average molecular weight is 342 g/mol. The number of aromatic hydroxyl groups is 1. The number of hydrogen-bond acceptors (Lipinski definition) is 6. The van der Waals surface area contributed by atoms with E-state index in [4.69, 9.17) is 10.5 Å². The summed E-state index contributed by atoms with van der Waals surface area (Å²) in [7, 11) is 0. The molecule has 1 fully saturated rings. The minimum absolute atomic E-state index is 0.0398. The van der Waals surface area contributed by atoms with E-state index in [2.05, 4.69) is 15.6 Å². The molecule has 1 aromatic heterocycles. The van der Waals surface area contributed by atoms with E-state index in [0.717, 1.165) is 25.9 Å². The zero-order valence-corrected chi connectivity index (χ0v) is 13.9. The lowest BCUT2D eigenvalue weighted by Gasteiger charge is -2.21. The Morgan fingerprint density at radius 2 is 2.04 bits per heavy atom. The minimum atomic E-state index is -0.0401. The molecule has 0 unspecified atom stereocenters. The van der Waals surface area contributed by atoms with Gasteiger partial charge >= 0.3 is 0 Å². The lowest BCUT2D eigenvalue weighted by molar-refractivity contribution is -0.117. The van der Waals surface area contributed by atoms with Crippen molar-refractivity contribution in [3.05, 3.63) is 36.5 Å². The van der Waals surface area contributed by atoms with Gasteiger partial charge in [-0.3, -0.25) is 4.79 Å². The number of phenolic OH excluding ortho intramolecular Hbond substituents is 1. The molecule has 0 saturated carbocycles. The third kappa shape index (κ3) is 4.84. The Morgan fingerprint density at radius 3 is 2.80 bits per heavy atom. The van der Waals surface area contributed by atoms with Crippen LogP contribution in [0.25, 0.3) is 0 Å². The summed E-state index contributed by atoms with van der Waals surface area (Å²) in [5, 5.41) is 15.7. The molecule has 25 heavy (non-hydrogen) atoms. The Hall–Kier alpha value is -2.80. The number of phenols is 1. The van der Waals surface area contributed by atoms with Gasteiger partial charge in [0.25, 0.3) is 0 Å². The number of rotatable bonds is 5. The van der Waals surface area contributed by atoms with E-state index in [1.807, 2.05) is 0 Å². The summed E-state index contributed by atoms with van der Waals surface area (Å²) in [5.74, 6) is 1.74. The molecule has 7 nitrogen and oxygen atoms in total. The van der Waals surface area contributed by atoms with Crippen LogP contribution in [0.5, 0.6) is 17.2 Å². The Labute approximate surface area is 146 Å². The molecule has 1 saturated heterocycles. The first kappa shape index (κ1) is 17.0. The topological polar surface area (TPSA) is 110 Å². The number of pyridine rings is 1. The fourth-order valence-corrected chi connectivity index (χ4v) is 2.81. The predicted octanol–water partition coefficient (Wildman–Crippen LogP) is 2.49. The molecule has 2 aromatic rings. The first-order chi connectivity index (χ1) is 12.1. The highest BCUT2D eigenvalue weighted by Gasteiger charge is 2.17. The fourth-order valence-electron chi connectivity index (χ4n) is 2.81. The summed E-state index contributed by atoms with van der Waals surface area (Å²) in [6.07, 6.45) is 4.10. The minimum Gasteiger partial charge on any atom is -0.506 e. The maximum atomic E-state index is 12.2. The number of nitrogens with one attached hydrogen (secondary N) is 2. The second-order valence-electron chi connectivity index (χ2n) is 6.15. The summed E-state index contributed by atoms with van der Waals surface area (Å²) >= 11 is 0. The van der Waals surface area contributed by atoms with Crippen molar-refractivity contribution in [2.75, 3.05) is 24.1 Å². The number of ether oxygens (including phenoxy) is 1. The monoisotopic (exact) mass is 342 g/mol. The number of anilines is 2. The van der Waals surface area contributed by atoms with Gasteiger partial charge in [0.15, 0.2) is 0 Å². The molecule has 0 radical (unpaired) electrons. The van der Waals surface area contributed by atoms with Crippen molar-refractivity contribution in [1.82, 2.24) is 10.3 Å². The molecule has 0 bridgehead atoms. The van der Waals surface area contributed by atoms with Crippen molar-refractivity contribution in [3.8, 4) is 17.2 Å². The highest BCUT2D eigenvalue weighted by atomic mass is 16.5. The number of carbonyl (C=O) groups excluding carboxylic acids is 1.